The number of anilines is 2. The average Bonchev–Trinajstić information content (AvgIpc) is 3.62. The molecule has 0 atom stereocenters. The van der Waals surface area contributed by atoms with Crippen molar-refractivity contribution in [2.24, 2.45) is 0 Å². The molecule has 0 spiro atoms. The van der Waals surface area contributed by atoms with Crippen molar-refractivity contribution in [3.63, 3.8) is 0 Å². The van der Waals surface area contributed by atoms with Gasteiger partial charge in [-0.2, -0.15) is 5.10 Å². The molecule has 10 heteroatoms. The van der Waals surface area contributed by atoms with Crippen LogP contribution in [0, 0.1) is 5.82 Å². The Morgan fingerprint density at radius 3 is 2.71 bits per heavy atom. The molecule has 1 N–H and O–H groups in total. The lowest BCUT2D eigenvalue weighted by Crippen LogP contribution is -2.52. The molecular weight excluding hydrogens is 529 g/mol. The molecule has 42 heavy (non-hydrogen) atoms. The molecule has 0 saturated carbocycles. The van der Waals surface area contributed by atoms with Gasteiger partial charge in [0.1, 0.15) is 23.7 Å². The highest BCUT2D eigenvalue weighted by molar-refractivity contribution is 5.94. The summed E-state index contributed by atoms with van der Waals surface area (Å²) in [5.41, 5.74) is 5.36. The maximum atomic E-state index is 13.7. The second kappa shape index (κ2) is 10.9. The van der Waals surface area contributed by atoms with Crippen LogP contribution in [0.1, 0.15) is 38.3 Å². The molecule has 0 radical (unpaired) electrons. The first kappa shape index (κ1) is 26.2. The topological polar surface area (TPSA) is 89.6 Å². The van der Waals surface area contributed by atoms with E-state index in [-0.39, 0.29) is 5.82 Å². The summed E-state index contributed by atoms with van der Waals surface area (Å²) < 4.78 is 17.5. The third-order valence-corrected chi connectivity index (χ3v) is 8.29. The van der Waals surface area contributed by atoms with Crippen LogP contribution in [0.15, 0.2) is 79.4 Å². The zero-order valence-electron chi connectivity index (χ0n) is 23.7. The molecule has 1 aliphatic rings. The minimum absolute atomic E-state index is 0.248. The smallest absolute Gasteiger partial charge is 0.141 e. The van der Waals surface area contributed by atoms with Crippen LogP contribution in [-0.2, 0) is 6.54 Å². The predicted octanol–water partition coefficient (Wildman–Crippen LogP) is 6.21. The molecule has 212 valence electrons. The summed E-state index contributed by atoms with van der Waals surface area (Å²) in [4.78, 5) is 11.6. The highest BCUT2D eigenvalue weighted by atomic mass is 19.1. The number of hydrogen-bond acceptors (Lipinski definition) is 7. The van der Waals surface area contributed by atoms with E-state index in [0.29, 0.717) is 24.4 Å². The van der Waals surface area contributed by atoms with Crippen LogP contribution < -0.4 is 5.32 Å². The van der Waals surface area contributed by atoms with Gasteiger partial charge in [-0.05, 0) is 60.9 Å². The second-order valence-corrected chi connectivity index (χ2v) is 10.9. The van der Waals surface area contributed by atoms with Gasteiger partial charge >= 0.3 is 0 Å². The van der Waals surface area contributed by atoms with E-state index in [1.54, 1.807) is 12.4 Å². The zero-order valence-corrected chi connectivity index (χ0v) is 23.7. The maximum absolute atomic E-state index is 13.7. The molecule has 1 aliphatic heterocycles. The quantitative estimate of drug-likeness (QED) is 0.224. The first-order valence-electron chi connectivity index (χ1n) is 14.5. The van der Waals surface area contributed by atoms with Crippen LogP contribution in [0.4, 0.5) is 15.9 Å². The molecule has 7 rings (SSSR count). The summed E-state index contributed by atoms with van der Waals surface area (Å²) >= 11 is 0. The maximum Gasteiger partial charge on any atom is 0.141 e. The molecule has 1 saturated heterocycles. The molecule has 3 aromatic heterocycles. The molecule has 1 fully saturated rings. The lowest BCUT2D eigenvalue weighted by molar-refractivity contribution is 0.0481. The fourth-order valence-corrected chi connectivity index (χ4v) is 5.90. The third-order valence-electron chi connectivity index (χ3n) is 8.29. The number of nitrogens with zero attached hydrogens (tertiary/aromatic N) is 8. The van der Waals surface area contributed by atoms with Gasteiger partial charge in [0.15, 0.2) is 0 Å². The third kappa shape index (κ3) is 4.98. The second-order valence-electron chi connectivity index (χ2n) is 10.9. The Hall–Kier alpha value is -4.70. The molecular formula is C32H32FN9. The van der Waals surface area contributed by atoms with Crippen LogP contribution in [0.3, 0.4) is 0 Å². The largest absolute Gasteiger partial charge is 0.340 e. The highest BCUT2D eigenvalue weighted by Gasteiger charge is 2.32. The molecule has 0 unspecified atom stereocenters. The molecule has 9 nitrogen and oxygen atoms in total. The van der Waals surface area contributed by atoms with Gasteiger partial charge in [-0.15, -0.1) is 5.10 Å². The Morgan fingerprint density at radius 1 is 1.00 bits per heavy atom. The lowest BCUT2D eigenvalue weighted by atomic mass is 10.0. The Morgan fingerprint density at radius 2 is 1.88 bits per heavy atom. The van der Waals surface area contributed by atoms with E-state index in [4.69, 9.17) is 0 Å². The summed E-state index contributed by atoms with van der Waals surface area (Å²) in [6.45, 7) is 7.04. The number of benzene rings is 3. The van der Waals surface area contributed by atoms with Crippen LogP contribution in [-0.4, -0.2) is 58.8 Å². The van der Waals surface area contributed by atoms with Gasteiger partial charge < -0.3 is 5.32 Å². The van der Waals surface area contributed by atoms with Crippen molar-refractivity contribution in [3.05, 3.63) is 90.8 Å². The summed E-state index contributed by atoms with van der Waals surface area (Å²) in [5, 5.41) is 18.8. The monoisotopic (exact) mass is 561 g/mol. The van der Waals surface area contributed by atoms with Gasteiger partial charge in [0, 0.05) is 41.2 Å². The Balaban J connectivity index is 1.11. The normalized spacial score (nSPS) is 14.2. The summed E-state index contributed by atoms with van der Waals surface area (Å²) in [6.07, 6.45) is 7.79. The van der Waals surface area contributed by atoms with Crippen molar-refractivity contribution in [2.45, 2.75) is 45.3 Å². The van der Waals surface area contributed by atoms with E-state index < -0.39 is 0 Å². The molecule has 4 heterocycles. The first-order chi connectivity index (χ1) is 20.6. The van der Waals surface area contributed by atoms with Crippen LogP contribution in [0.2, 0.25) is 0 Å². The summed E-state index contributed by atoms with van der Waals surface area (Å²) in [7, 11) is 0. The van der Waals surface area contributed by atoms with Gasteiger partial charge in [-0.3, -0.25) is 9.58 Å². The van der Waals surface area contributed by atoms with E-state index in [9.17, 15) is 4.39 Å². The van der Waals surface area contributed by atoms with Crippen LogP contribution in [0.25, 0.3) is 33.1 Å². The molecule has 0 amide bonds. The van der Waals surface area contributed by atoms with E-state index in [1.807, 2.05) is 58.2 Å². The number of halogens is 1. The fraction of sp³-hybridized carbons (Fsp3) is 0.281. The van der Waals surface area contributed by atoms with Crippen molar-refractivity contribution in [2.75, 3.05) is 18.4 Å². The number of nitrogens with one attached hydrogen (secondary N) is 1. The predicted molar refractivity (Wildman–Crippen MR) is 162 cm³/mol. The lowest BCUT2D eigenvalue weighted by Gasteiger charge is -2.43. The Bertz CT molecular complexity index is 1870. The number of aromatic nitrogens is 7. The summed E-state index contributed by atoms with van der Waals surface area (Å²) in [5.74, 6) is 0.461. The molecule has 0 bridgehead atoms. The number of hydrogen-bond donors (Lipinski definition) is 1. The van der Waals surface area contributed by atoms with Crippen molar-refractivity contribution < 1.29 is 4.39 Å². The number of fused-ring (bicyclic) bond motifs is 2. The van der Waals surface area contributed by atoms with Gasteiger partial charge in [0.2, 0.25) is 0 Å². The standard InChI is InChI=1S/C32H32FN9/c1-3-26(4-2)40-17-27(18-40)41-19-30(38-39-41)22-8-10-29-28(14-22)32(35-20-34-29)37-25-9-11-31-23(13-25)15-36-42(31)16-21-6-5-7-24(33)12-21/h5-15,19-20,26-27H,3-4,16-18H2,1-2H3,(H,34,35,37). The zero-order chi connectivity index (χ0) is 28.6. The van der Waals surface area contributed by atoms with E-state index in [0.717, 1.165) is 57.4 Å². The minimum atomic E-state index is -0.248. The average molecular weight is 562 g/mol. The molecule has 3 aromatic carbocycles. The Labute approximate surface area is 243 Å². The fourth-order valence-electron chi connectivity index (χ4n) is 5.90. The van der Waals surface area contributed by atoms with Crippen molar-refractivity contribution in [1.29, 1.82) is 0 Å². The molecule has 6 aromatic rings. The van der Waals surface area contributed by atoms with Gasteiger partial charge in [-0.1, -0.05) is 37.3 Å². The highest BCUT2D eigenvalue weighted by Crippen LogP contribution is 2.31. The number of rotatable bonds is 9. The van der Waals surface area contributed by atoms with Gasteiger partial charge in [-0.25, -0.2) is 19.0 Å². The summed E-state index contributed by atoms with van der Waals surface area (Å²) in [6, 6.07) is 19.8. The van der Waals surface area contributed by atoms with E-state index in [1.165, 1.54) is 25.0 Å². The Kier molecular flexibility index (Phi) is 6.83. The SMILES string of the molecule is CCC(CC)N1CC(n2cc(-c3ccc4ncnc(Nc5ccc6c(cnn6Cc6cccc(F)c6)c5)c4c3)nn2)C1. The molecule has 0 aliphatic carbocycles. The van der Waals surface area contributed by atoms with Crippen LogP contribution in [0.5, 0.6) is 0 Å². The minimum Gasteiger partial charge on any atom is -0.340 e. The van der Waals surface area contributed by atoms with Gasteiger partial charge in [0.05, 0.1) is 36.0 Å². The van der Waals surface area contributed by atoms with E-state index >= 15 is 0 Å². The van der Waals surface area contributed by atoms with Crippen molar-refractivity contribution in [3.8, 4) is 11.3 Å². The van der Waals surface area contributed by atoms with E-state index in [2.05, 4.69) is 55.5 Å². The van der Waals surface area contributed by atoms with Crippen LogP contribution >= 0.6 is 0 Å². The number of likely N-dealkylation sites (tertiary alicyclic amines) is 1. The van der Waals surface area contributed by atoms with Crippen molar-refractivity contribution >= 4 is 33.3 Å². The van der Waals surface area contributed by atoms with Gasteiger partial charge in [0.25, 0.3) is 0 Å². The first-order valence-corrected chi connectivity index (χ1v) is 14.5. The van der Waals surface area contributed by atoms with Crippen molar-refractivity contribution in [1.82, 2.24) is 39.6 Å².